The molecule has 0 aromatic rings. The fourth-order valence-corrected chi connectivity index (χ4v) is 7.03. The summed E-state index contributed by atoms with van der Waals surface area (Å²) in [5.74, 6) is -1.53. The Morgan fingerprint density at radius 3 is 0.929 bits per heavy atom. The maximum atomic E-state index is 13.8. The first-order valence-corrected chi connectivity index (χ1v) is 23.9. The summed E-state index contributed by atoms with van der Waals surface area (Å²) in [4.78, 5) is 52.9. The summed E-state index contributed by atoms with van der Waals surface area (Å²) in [6.07, 6.45) is 32.7. The molecule has 0 radical (unpaired) electrons. The van der Waals surface area contributed by atoms with E-state index in [1.807, 2.05) is 0 Å². The number of unbranched alkanes of at least 4 members (excludes halogenated alkanes) is 23. The summed E-state index contributed by atoms with van der Waals surface area (Å²) in [5.41, 5.74) is -1.20. The zero-order valence-electron chi connectivity index (χ0n) is 37.5. The maximum Gasteiger partial charge on any atom is 0.308 e. The van der Waals surface area contributed by atoms with Crippen LogP contribution in [0.1, 0.15) is 247 Å². The van der Waals surface area contributed by atoms with E-state index in [9.17, 15) is 19.2 Å². The molecule has 0 aliphatic heterocycles. The molecule has 330 valence electrons. The molecule has 0 aromatic carbocycles. The fourth-order valence-electron chi connectivity index (χ4n) is 7.03. The van der Waals surface area contributed by atoms with Crippen LogP contribution in [0.15, 0.2) is 0 Å². The van der Waals surface area contributed by atoms with Gasteiger partial charge in [0, 0.05) is 19.3 Å². The van der Waals surface area contributed by atoms with E-state index in [0.29, 0.717) is 0 Å². The van der Waals surface area contributed by atoms with Crippen LogP contribution in [-0.2, 0) is 38.1 Å². The zero-order valence-corrected chi connectivity index (χ0v) is 37.5. The molecule has 56 heavy (non-hydrogen) atoms. The Morgan fingerprint density at radius 1 is 0.339 bits per heavy atom. The SMILES string of the molecule is CCCCCCCCCCC(=O)OCC(COC(=O)CCCCCC)(COC(=O)CCCCCCCC)COC(=O)[C@@H](CCCCCC)CCCCCCCC. The third-order valence-electron chi connectivity index (χ3n) is 11.0. The molecule has 8 nitrogen and oxygen atoms in total. The van der Waals surface area contributed by atoms with Crippen LogP contribution >= 0.6 is 0 Å². The topological polar surface area (TPSA) is 105 Å². The Balaban J connectivity index is 5.92. The van der Waals surface area contributed by atoms with Crippen LogP contribution in [0, 0.1) is 11.3 Å². The minimum absolute atomic E-state index is 0.160. The van der Waals surface area contributed by atoms with Gasteiger partial charge < -0.3 is 18.9 Å². The Kier molecular flexibility index (Phi) is 38.2. The highest BCUT2D eigenvalue weighted by Crippen LogP contribution is 2.26. The van der Waals surface area contributed by atoms with Gasteiger partial charge in [0.05, 0.1) is 5.92 Å². The summed E-state index contributed by atoms with van der Waals surface area (Å²) in [7, 11) is 0. The molecule has 0 bridgehead atoms. The molecule has 0 saturated carbocycles. The van der Waals surface area contributed by atoms with Crippen molar-refractivity contribution >= 4 is 23.9 Å². The molecular formula is C48H90O8. The highest BCUT2D eigenvalue weighted by Gasteiger charge is 2.38. The highest BCUT2D eigenvalue weighted by molar-refractivity contribution is 5.72. The van der Waals surface area contributed by atoms with Crippen LogP contribution in [-0.4, -0.2) is 50.3 Å². The second-order valence-electron chi connectivity index (χ2n) is 16.7. The molecule has 0 spiro atoms. The van der Waals surface area contributed by atoms with E-state index < -0.39 is 5.41 Å². The molecular weight excluding hydrogens is 705 g/mol. The van der Waals surface area contributed by atoms with Gasteiger partial charge >= 0.3 is 23.9 Å². The van der Waals surface area contributed by atoms with Gasteiger partial charge in [-0.3, -0.25) is 19.2 Å². The lowest BCUT2D eigenvalue weighted by molar-refractivity contribution is -0.172. The largest absolute Gasteiger partial charge is 0.465 e. The van der Waals surface area contributed by atoms with E-state index in [1.165, 1.54) is 70.6 Å². The van der Waals surface area contributed by atoms with Crippen molar-refractivity contribution < 1.29 is 38.1 Å². The quantitative estimate of drug-likeness (QED) is 0.0342. The summed E-state index contributed by atoms with van der Waals surface area (Å²) in [5, 5.41) is 0. The third-order valence-corrected chi connectivity index (χ3v) is 11.0. The zero-order chi connectivity index (χ0) is 41.4. The Labute approximate surface area is 345 Å². The van der Waals surface area contributed by atoms with Gasteiger partial charge in [0.25, 0.3) is 0 Å². The van der Waals surface area contributed by atoms with Crippen molar-refractivity contribution in [2.45, 2.75) is 247 Å². The number of hydrogen-bond donors (Lipinski definition) is 0. The van der Waals surface area contributed by atoms with Crippen molar-refractivity contribution in [2.24, 2.45) is 11.3 Å². The predicted molar refractivity (Wildman–Crippen MR) is 230 cm³/mol. The molecule has 0 aliphatic rings. The van der Waals surface area contributed by atoms with Gasteiger partial charge in [-0.2, -0.15) is 0 Å². The average molecular weight is 795 g/mol. The van der Waals surface area contributed by atoms with Gasteiger partial charge in [-0.25, -0.2) is 0 Å². The van der Waals surface area contributed by atoms with E-state index in [-0.39, 0.29) is 75.5 Å². The molecule has 2 atom stereocenters. The number of carbonyl (C=O) groups is 4. The standard InChI is InChI=1S/C48H90O8/c1-6-11-16-21-24-25-28-33-38-46(51)55-41-48(39-53-44(49)36-31-20-15-10-5,40-54-45(50)37-32-27-23-18-13-8-3)42-56-47(52)43(34-29-19-14-9-4)35-30-26-22-17-12-7-2/h43H,6-42H2,1-5H3/t43-,48?/m0/s1. The maximum absolute atomic E-state index is 13.8. The third kappa shape index (κ3) is 32.9. The van der Waals surface area contributed by atoms with Gasteiger partial charge in [0.2, 0.25) is 0 Å². The van der Waals surface area contributed by atoms with Crippen molar-refractivity contribution in [3.05, 3.63) is 0 Å². The molecule has 0 rings (SSSR count). The lowest BCUT2D eigenvalue weighted by atomic mass is 9.91. The van der Waals surface area contributed by atoms with Gasteiger partial charge in [-0.1, -0.05) is 195 Å². The van der Waals surface area contributed by atoms with Crippen LogP contribution in [0.2, 0.25) is 0 Å². The Bertz CT molecular complexity index is 936. The molecule has 0 N–H and O–H groups in total. The molecule has 0 aromatic heterocycles. The molecule has 0 saturated heterocycles. The molecule has 8 heteroatoms. The monoisotopic (exact) mass is 795 g/mol. The Morgan fingerprint density at radius 2 is 0.589 bits per heavy atom. The number of carbonyl (C=O) groups excluding carboxylic acids is 4. The van der Waals surface area contributed by atoms with Gasteiger partial charge in [0.15, 0.2) is 0 Å². The summed E-state index contributed by atoms with van der Waals surface area (Å²) in [6.45, 7) is 10.3. The van der Waals surface area contributed by atoms with E-state index >= 15 is 0 Å². The normalized spacial score (nSPS) is 12.9. The minimum atomic E-state index is -1.20. The number of ether oxygens (including phenoxy) is 4. The van der Waals surface area contributed by atoms with Gasteiger partial charge in [0.1, 0.15) is 31.8 Å². The van der Waals surface area contributed by atoms with Gasteiger partial charge in [-0.05, 0) is 32.1 Å². The first-order chi connectivity index (χ1) is 27.3. The lowest BCUT2D eigenvalue weighted by Gasteiger charge is -2.32. The average Bonchev–Trinajstić information content (AvgIpc) is 3.20. The van der Waals surface area contributed by atoms with E-state index in [4.69, 9.17) is 18.9 Å². The van der Waals surface area contributed by atoms with Crippen LogP contribution in [0.4, 0.5) is 0 Å². The molecule has 1 unspecified atom stereocenters. The van der Waals surface area contributed by atoms with E-state index in [2.05, 4.69) is 34.6 Å². The van der Waals surface area contributed by atoms with Crippen LogP contribution in [0.25, 0.3) is 0 Å². The first-order valence-electron chi connectivity index (χ1n) is 23.9. The predicted octanol–water partition coefficient (Wildman–Crippen LogP) is 13.7. The Hall–Kier alpha value is -2.12. The van der Waals surface area contributed by atoms with Crippen molar-refractivity contribution in [3.63, 3.8) is 0 Å². The summed E-state index contributed by atoms with van der Waals surface area (Å²) < 4.78 is 23.6. The first kappa shape index (κ1) is 53.9. The van der Waals surface area contributed by atoms with Gasteiger partial charge in [-0.15, -0.1) is 0 Å². The highest BCUT2D eigenvalue weighted by atomic mass is 16.6. The van der Waals surface area contributed by atoms with Crippen LogP contribution in [0.5, 0.6) is 0 Å². The van der Waals surface area contributed by atoms with Crippen molar-refractivity contribution in [1.82, 2.24) is 0 Å². The summed E-state index contributed by atoms with van der Waals surface area (Å²) >= 11 is 0. The number of rotatable bonds is 42. The van der Waals surface area contributed by atoms with Crippen molar-refractivity contribution in [2.75, 3.05) is 26.4 Å². The molecule has 0 fully saturated rings. The number of hydrogen-bond acceptors (Lipinski definition) is 8. The lowest BCUT2D eigenvalue weighted by Crippen LogP contribution is -2.44. The van der Waals surface area contributed by atoms with Crippen molar-refractivity contribution in [3.8, 4) is 0 Å². The van der Waals surface area contributed by atoms with Crippen LogP contribution in [0.3, 0.4) is 0 Å². The fraction of sp³-hybridized carbons (Fsp3) is 0.917. The van der Waals surface area contributed by atoms with Crippen LogP contribution < -0.4 is 0 Å². The smallest absolute Gasteiger partial charge is 0.308 e. The molecule has 0 aliphatic carbocycles. The molecule has 0 amide bonds. The van der Waals surface area contributed by atoms with Crippen molar-refractivity contribution in [1.29, 1.82) is 0 Å². The minimum Gasteiger partial charge on any atom is -0.465 e. The second kappa shape index (κ2) is 39.7. The number of esters is 4. The molecule has 0 heterocycles. The second-order valence-corrected chi connectivity index (χ2v) is 16.7. The summed E-state index contributed by atoms with van der Waals surface area (Å²) in [6, 6.07) is 0. The van der Waals surface area contributed by atoms with E-state index in [0.717, 1.165) is 122 Å². The van der Waals surface area contributed by atoms with E-state index in [1.54, 1.807) is 0 Å².